The van der Waals surface area contributed by atoms with E-state index < -0.39 is 12.6 Å². The number of rotatable bonds is 5. The maximum absolute atomic E-state index is 12.3. The Morgan fingerprint density at radius 2 is 2.00 bits per heavy atom. The molecule has 0 bridgehead atoms. The van der Waals surface area contributed by atoms with Crippen LogP contribution >= 0.6 is 24.8 Å². The van der Waals surface area contributed by atoms with Crippen LogP contribution in [-0.4, -0.2) is 27.7 Å². The second kappa shape index (κ2) is 10.1. The molecule has 0 unspecified atom stereocenters. The van der Waals surface area contributed by atoms with Crippen LogP contribution in [0, 0.1) is 6.92 Å². The lowest BCUT2D eigenvalue weighted by Crippen LogP contribution is -2.26. The summed E-state index contributed by atoms with van der Waals surface area (Å²) in [6.07, 6.45) is -0.898. The van der Waals surface area contributed by atoms with Gasteiger partial charge in [-0.1, -0.05) is 0 Å². The molecule has 1 aliphatic heterocycles. The van der Waals surface area contributed by atoms with E-state index >= 15 is 0 Å². The van der Waals surface area contributed by atoms with Crippen LogP contribution in [0.4, 0.5) is 19.1 Å². The van der Waals surface area contributed by atoms with E-state index in [1.165, 1.54) is 23.4 Å². The number of anilines is 1. The molecule has 2 N–H and O–H groups in total. The van der Waals surface area contributed by atoms with Crippen molar-refractivity contribution in [3.05, 3.63) is 46.5 Å². The topological polar surface area (TPSA) is 62.7 Å². The molecular weight excluding hydrogens is 402 g/mol. The number of halogens is 5. The number of hydrogen-bond acceptors (Lipinski definition) is 5. The Kier molecular flexibility index (Phi) is 8.71. The molecule has 0 aliphatic carbocycles. The molecule has 150 valence electrons. The molecule has 0 radical (unpaired) electrons. The Balaban J connectivity index is 0.00000182. The quantitative estimate of drug-likeness (QED) is 0.765. The van der Waals surface area contributed by atoms with Crippen molar-refractivity contribution in [1.29, 1.82) is 0 Å². The number of nitrogens with one attached hydrogen (secondary N) is 2. The maximum Gasteiger partial charge on any atom is 0.389 e. The molecule has 0 saturated carbocycles. The van der Waals surface area contributed by atoms with Gasteiger partial charge in [0, 0.05) is 43.3 Å². The Morgan fingerprint density at radius 3 is 2.74 bits per heavy atom. The van der Waals surface area contributed by atoms with Gasteiger partial charge in [-0.05, 0) is 49.1 Å². The summed E-state index contributed by atoms with van der Waals surface area (Å²) in [6, 6.07) is 1.51. The van der Waals surface area contributed by atoms with Crippen LogP contribution in [0.25, 0.3) is 0 Å². The van der Waals surface area contributed by atoms with Gasteiger partial charge in [-0.2, -0.15) is 13.2 Å². The van der Waals surface area contributed by atoms with Crippen LogP contribution in [0.5, 0.6) is 0 Å². The van der Waals surface area contributed by atoms with Crippen molar-refractivity contribution in [2.45, 2.75) is 45.5 Å². The van der Waals surface area contributed by atoms with E-state index in [-0.39, 0.29) is 31.2 Å². The van der Waals surface area contributed by atoms with Gasteiger partial charge in [-0.15, -0.1) is 24.8 Å². The standard InChI is InChI=1S/C17H20F3N5.2ClH/c1-11-15(14-4-6-21-8-12(14)9-23-11)10-24-16-22-7-3-13(25-16)2-5-17(18,19)20;;/h3,7,9,21H,2,4-6,8,10H2,1H3,(H,22,24,25);2*1H. The van der Waals surface area contributed by atoms with Gasteiger partial charge >= 0.3 is 6.18 Å². The van der Waals surface area contributed by atoms with E-state index in [2.05, 4.69) is 25.6 Å². The zero-order chi connectivity index (χ0) is 17.9. The van der Waals surface area contributed by atoms with Crippen LogP contribution < -0.4 is 10.6 Å². The van der Waals surface area contributed by atoms with Crippen molar-refractivity contribution < 1.29 is 13.2 Å². The zero-order valence-electron chi connectivity index (χ0n) is 14.8. The van der Waals surface area contributed by atoms with E-state index in [4.69, 9.17) is 0 Å². The summed E-state index contributed by atoms with van der Waals surface area (Å²) in [5.74, 6) is 0.339. The normalized spacial score (nSPS) is 13.2. The van der Waals surface area contributed by atoms with E-state index in [1.54, 1.807) is 0 Å². The fraction of sp³-hybridized carbons (Fsp3) is 0.471. The number of alkyl halides is 3. The number of nitrogens with zero attached hydrogens (tertiary/aromatic N) is 3. The van der Waals surface area contributed by atoms with Crippen LogP contribution in [0.3, 0.4) is 0 Å². The second-order valence-corrected chi connectivity index (χ2v) is 6.09. The third kappa shape index (κ3) is 6.48. The van der Waals surface area contributed by atoms with Crippen molar-refractivity contribution in [3.63, 3.8) is 0 Å². The van der Waals surface area contributed by atoms with E-state index in [0.29, 0.717) is 18.2 Å². The number of pyridine rings is 1. The molecule has 10 heteroatoms. The molecule has 3 rings (SSSR count). The van der Waals surface area contributed by atoms with Crippen LogP contribution in [0.1, 0.15) is 34.5 Å². The Morgan fingerprint density at radius 1 is 1.22 bits per heavy atom. The molecule has 2 aromatic heterocycles. The van der Waals surface area contributed by atoms with Crippen molar-refractivity contribution >= 4 is 30.8 Å². The van der Waals surface area contributed by atoms with Crippen molar-refractivity contribution in [2.24, 2.45) is 0 Å². The van der Waals surface area contributed by atoms with Gasteiger partial charge < -0.3 is 10.6 Å². The molecule has 2 aromatic rings. The van der Waals surface area contributed by atoms with Gasteiger partial charge in [-0.3, -0.25) is 4.98 Å². The number of aryl methyl sites for hydroxylation is 2. The molecule has 5 nitrogen and oxygen atoms in total. The van der Waals surface area contributed by atoms with Crippen LogP contribution in [0.15, 0.2) is 18.5 Å². The van der Waals surface area contributed by atoms with Gasteiger partial charge in [0.05, 0.1) is 0 Å². The Hall–Kier alpha value is -1.64. The third-order valence-corrected chi connectivity index (χ3v) is 4.27. The maximum atomic E-state index is 12.3. The fourth-order valence-corrected chi connectivity index (χ4v) is 2.94. The first-order chi connectivity index (χ1) is 11.9. The molecule has 0 saturated heterocycles. The predicted molar refractivity (Wildman–Crippen MR) is 103 cm³/mol. The first-order valence-corrected chi connectivity index (χ1v) is 8.22. The van der Waals surface area contributed by atoms with Crippen molar-refractivity contribution in [3.8, 4) is 0 Å². The predicted octanol–water partition coefficient (Wildman–Crippen LogP) is 3.78. The lowest BCUT2D eigenvalue weighted by molar-refractivity contribution is -0.134. The summed E-state index contributed by atoms with van der Waals surface area (Å²) in [7, 11) is 0. The number of fused-ring (bicyclic) bond motifs is 1. The molecule has 0 fully saturated rings. The Labute approximate surface area is 168 Å². The number of aromatic nitrogens is 3. The minimum atomic E-state index is -4.18. The Bertz CT molecular complexity index is 756. The van der Waals surface area contributed by atoms with Crippen LogP contribution in [0.2, 0.25) is 0 Å². The minimum Gasteiger partial charge on any atom is -0.350 e. The van der Waals surface area contributed by atoms with Gasteiger partial charge in [0.2, 0.25) is 5.95 Å². The highest BCUT2D eigenvalue weighted by atomic mass is 35.5. The molecule has 0 aromatic carbocycles. The first kappa shape index (κ1) is 23.4. The summed E-state index contributed by atoms with van der Waals surface area (Å²) < 4.78 is 37.0. The average Bonchev–Trinajstić information content (AvgIpc) is 2.59. The highest BCUT2D eigenvalue weighted by molar-refractivity contribution is 5.85. The summed E-state index contributed by atoms with van der Waals surface area (Å²) in [4.78, 5) is 12.7. The van der Waals surface area contributed by atoms with E-state index in [0.717, 1.165) is 30.8 Å². The molecule has 3 heterocycles. The molecule has 27 heavy (non-hydrogen) atoms. The van der Waals surface area contributed by atoms with Crippen molar-refractivity contribution in [1.82, 2.24) is 20.3 Å². The fourth-order valence-electron chi connectivity index (χ4n) is 2.94. The van der Waals surface area contributed by atoms with Crippen LogP contribution in [-0.2, 0) is 25.9 Å². The molecular formula is C17H22Cl2F3N5. The third-order valence-electron chi connectivity index (χ3n) is 4.27. The summed E-state index contributed by atoms with van der Waals surface area (Å²) in [5.41, 5.74) is 4.91. The lowest BCUT2D eigenvalue weighted by Gasteiger charge is -2.21. The molecule has 0 atom stereocenters. The van der Waals surface area contributed by atoms with E-state index in [1.807, 2.05) is 13.1 Å². The summed E-state index contributed by atoms with van der Waals surface area (Å²) >= 11 is 0. The average molecular weight is 424 g/mol. The molecule has 0 spiro atoms. The van der Waals surface area contributed by atoms with Gasteiger partial charge in [-0.25, -0.2) is 9.97 Å². The van der Waals surface area contributed by atoms with Gasteiger partial charge in [0.25, 0.3) is 0 Å². The first-order valence-electron chi connectivity index (χ1n) is 8.22. The monoisotopic (exact) mass is 423 g/mol. The SMILES string of the molecule is Cc1ncc2c(c1CNc1nccc(CCC(F)(F)F)n1)CCNC2.Cl.Cl. The van der Waals surface area contributed by atoms with Gasteiger partial charge in [0.1, 0.15) is 0 Å². The summed E-state index contributed by atoms with van der Waals surface area (Å²) in [6.45, 7) is 4.19. The number of hydrogen-bond donors (Lipinski definition) is 2. The smallest absolute Gasteiger partial charge is 0.350 e. The molecule has 0 amide bonds. The van der Waals surface area contributed by atoms with Gasteiger partial charge in [0.15, 0.2) is 0 Å². The largest absolute Gasteiger partial charge is 0.389 e. The van der Waals surface area contributed by atoms with E-state index in [9.17, 15) is 13.2 Å². The highest BCUT2D eigenvalue weighted by Crippen LogP contribution is 2.23. The van der Waals surface area contributed by atoms with Crippen molar-refractivity contribution in [2.75, 3.05) is 11.9 Å². The second-order valence-electron chi connectivity index (χ2n) is 6.09. The molecule has 1 aliphatic rings. The lowest BCUT2D eigenvalue weighted by atomic mass is 9.96. The highest BCUT2D eigenvalue weighted by Gasteiger charge is 2.26. The summed E-state index contributed by atoms with van der Waals surface area (Å²) in [5, 5.41) is 6.44. The zero-order valence-corrected chi connectivity index (χ0v) is 16.4. The minimum absolute atomic E-state index is 0.